The number of aliphatic hydroxyl groups is 1. The van der Waals surface area contributed by atoms with Crippen LogP contribution in [0.3, 0.4) is 0 Å². The molecule has 1 spiro atoms. The molecule has 2 atom stereocenters. The predicted octanol–water partition coefficient (Wildman–Crippen LogP) is 2.99. The molecule has 2 unspecified atom stereocenters. The van der Waals surface area contributed by atoms with Crippen molar-refractivity contribution in [1.29, 1.82) is 0 Å². The Hall–Kier alpha value is -2.40. The van der Waals surface area contributed by atoms with Crippen molar-refractivity contribution in [2.24, 2.45) is 0 Å². The largest absolute Gasteiger partial charge is 0.491 e. The molecule has 11 nitrogen and oxygen atoms in total. The lowest BCUT2D eigenvalue weighted by atomic mass is 9.88. The van der Waals surface area contributed by atoms with Crippen molar-refractivity contribution in [1.82, 2.24) is 19.2 Å². The van der Waals surface area contributed by atoms with Crippen molar-refractivity contribution in [3.63, 3.8) is 0 Å². The lowest BCUT2D eigenvalue weighted by Crippen LogP contribution is -2.47. The average molecular weight is 693 g/mol. The Bertz CT molecular complexity index is 1640. The molecular formula is C32H44N4O7S3. The Balaban J connectivity index is 1.05. The van der Waals surface area contributed by atoms with E-state index in [-0.39, 0.29) is 29.7 Å². The van der Waals surface area contributed by atoms with Crippen LogP contribution in [0.5, 0.6) is 5.75 Å². The Morgan fingerprint density at radius 1 is 1.07 bits per heavy atom. The fraction of sp³-hybridized carbons (Fsp3) is 0.500. The number of thiophene rings is 1. The summed E-state index contributed by atoms with van der Waals surface area (Å²) in [6.45, 7) is 2.65. The highest BCUT2D eigenvalue weighted by Gasteiger charge is 2.45. The van der Waals surface area contributed by atoms with E-state index in [1.165, 1.54) is 23.5 Å². The number of nitrogens with zero attached hydrogens (tertiary/aromatic N) is 2. The van der Waals surface area contributed by atoms with Crippen molar-refractivity contribution in [2.75, 3.05) is 60.0 Å². The van der Waals surface area contributed by atoms with Gasteiger partial charge in [-0.3, -0.25) is 0 Å². The first-order valence-corrected chi connectivity index (χ1v) is 19.3. The van der Waals surface area contributed by atoms with E-state index in [2.05, 4.69) is 10.0 Å². The van der Waals surface area contributed by atoms with Gasteiger partial charge >= 0.3 is 0 Å². The van der Waals surface area contributed by atoms with Crippen molar-refractivity contribution in [2.45, 2.75) is 52.5 Å². The molecule has 5 rings (SSSR count). The molecule has 3 heterocycles. The minimum Gasteiger partial charge on any atom is -0.491 e. The summed E-state index contributed by atoms with van der Waals surface area (Å²) in [5.41, 5.74) is 0.614. The molecule has 46 heavy (non-hydrogen) atoms. The number of nitrogens with one attached hydrogen (secondary N) is 2. The van der Waals surface area contributed by atoms with Gasteiger partial charge in [0.1, 0.15) is 22.7 Å². The Morgan fingerprint density at radius 2 is 1.83 bits per heavy atom. The van der Waals surface area contributed by atoms with Crippen molar-refractivity contribution in [3.05, 3.63) is 66.7 Å². The van der Waals surface area contributed by atoms with Gasteiger partial charge in [0.15, 0.2) is 0 Å². The SMILES string of the molecule is CN(C)CCCNS(=O)(=O)c1cccc(OCC(O)CNC2COC3(CCN(S(=O)(=O)c4ccc(-c5ccccc5)s4)CC3)C2)c1. The summed E-state index contributed by atoms with van der Waals surface area (Å²) in [5.74, 6) is 0.360. The van der Waals surface area contributed by atoms with E-state index in [4.69, 9.17) is 9.47 Å². The third kappa shape index (κ3) is 8.94. The summed E-state index contributed by atoms with van der Waals surface area (Å²) in [7, 11) is -3.37. The fourth-order valence-corrected chi connectivity index (χ4v) is 9.79. The van der Waals surface area contributed by atoms with Crippen LogP contribution in [0.2, 0.25) is 0 Å². The number of rotatable bonds is 15. The summed E-state index contributed by atoms with van der Waals surface area (Å²) in [5, 5.41) is 13.9. The second-order valence-corrected chi connectivity index (χ2v) is 17.2. The molecule has 0 saturated carbocycles. The molecule has 2 fully saturated rings. The molecule has 1 aromatic heterocycles. The van der Waals surface area contributed by atoms with Crippen LogP contribution in [0.4, 0.5) is 0 Å². The Morgan fingerprint density at radius 3 is 2.57 bits per heavy atom. The summed E-state index contributed by atoms with van der Waals surface area (Å²) in [4.78, 5) is 3.03. The van der Waals surface area contributed by atoms with Crippen LogP contribution in [-0.4, -0.2) is 109 Å². The van der Waals surface area contributed by atoms with E-state index in [1.54, 1.807) is 22.5 Å². The van der Waals surface area contributed by atoms with Gasteiger partial charge in [0.25, 0.3) is 10.0 Å². The zero-order chi connectivity index (χ0) is 32.8. The van der Waals surface area contributed by atoms with Crippen LogP contribution < -0.4 is 14.8 Å². The number of sulfonamides is 2. The monoisotopic (exact) mass is 692 g/mol. The standard InChI is InChI=1S/C32H44N4O7S3/c1-35(2)17-7-16-34-45(38,39)29-11-6-10-28(20-29)42-24-27(37)22-33-26-21-32(43-23-26)14-18-36(19-15-32)46(40,41)31-13-12-30(44-31)25-8-4-3-5-9-25/h3-6,8-13,20,26-27,33-34,37H,7,14-19,21-24H2,1-2H3. The minimum absolute atomic E-state index is 0.00693. The van der Waals surface area contributed by atoms with E-state index in [9.17, 15) is 21.9 Å². The van der Waals surface area contributed by atoms with Crippen LogP contribution in [0.1, 0.15) is 25.7 Å². The van der Waals surface area contributed by atoms with Gasteiger partial charge in [0.2, 0.25) is 10.0 Å². The zero-order valence-electron chi connectivity index (χ0n) is 26.3. The van der Waals surface area contributed by atoms with Gasteiger partial charge in [-0.1, -0.05) is 36.4 Å². The molecule has 2 aliphatic rings. The highest BCUT2D eigenvalue weighted by molar-refractivity contribution is 7.91. The lowest BCUT2D eigenvalue weighted by Gasteiger charge is -2.37. The lowest BCUT2D eigenvalue weighted by molar-refractivity contribution is -0.0311. The van der Waals surface area contributed by atoms with Crippen LogP contribution >= 0.6 is 11.3 Å². The van der Waals surface area contributed by atoms with E-state index >= 15 is 0 Å². The van der Waals surface area contributed by atoms with Crippen LogP contribution in [0, 0.1) is 0 Å². The molecule has 2 aromatic carbocycles. The highest BCUT2D eigenvalue weighted by Crippen LogP contribution is 2.39. The molecular weight excluding hydrogens is 649 g/mol. The second-order valence-electron chi connectivity index (χ2n) is 12.2. The van der Waals surface area contributed by atoms with Gasteiger partial charge in [0, 0.05) is 43.2 Å². The molecule has 3 N–H and O–H groups in total. The zero-order valence-corrected chi connectivity index (χ0v) is 28.7. The number of hydrogen-bond acceptors (Lipinski definition) is 10. The molecule has 0 bridgehead atoms. The smallest absolute Gasteiger partial charge is 0.252 e. The van der Waals surface area contributed by atoms with Gasteiger partial charge < -0.3 is 24.8 Å². The number of aliphatic hydroxyl groups excluding tert-OH is 1. The van der Waals surface area contributed by atoms with Gasteiger partial charge in [-0.2, -0.15) is 4.31 Å². The normalized spacial score (nSPS) is 19.5. The fourth-order valence-electron chi connectivity index (χ4n) is 5.77. The summed E-state index contributed by atoms with van der Waals surface area (Å²) in [6.07, 6.45) is 1.82. The highest BCUT2D eigenvalue weighted by atomic mass is 32.2. The van der Waals surface area contributed by atoms with Crippen molar-refractivity contribution in [3.8, 4) is 16.2 Å². The first kappa shape index (κ1) is 34.9. The van der Waals surface area contributed by atoms with Gasteiger partial charge in [-0.05, 0) is 76.2 Å². The van der Waals surface area contributed by atoms with Gasteiger partial charge in [-0.25, -0.2) is 21.6 Å². The molecule has 14 heteroatoms. The van der Waals surface area contributed by atoms with Crippen molar-refractivity contribution >= 4 is 31.4 Å². The van der Waals surface area contributed by atoms with E-state index in [1.807, 2.05) is 55.4 Å². The Labute approximate surface area is 276 Å². The molecule has 0 radical (unpaired) electrons. The molecule has 0 amide bonds. The van der Waals surface area contributed by atoms with Crippen LogP contribution in [-0.2, 0) is 24.8 Å². The molecule has 2 aliphatic heterocycles. The maximum absolute atomic E-state index is 13.4. The first-order chi connectivity index (χ1) is 22.0. The maximum atomic E-state index is 13.4. The van der Waals surface area contributed by atoms with Crippen molar-refractivity contribution < 1.29 is 31.4 Å². The quantitative estimate of drug-likeness (QED) is 0.205. The second kappa shape index (κ2) is 15.2. The summed E-state index contributed by atoms with van der Waals surface area (Å²) >= 11 is 1.29. The number of benzene rings is 2. The maximum Gasteiger partial charge on any atom is 0.252 e. The van der Waals surface area contributed by atoms with E-state index < -0.39 is 26.2 Å². The molecule has 0 aliphatic carbocycles. The molecule has 2 saturated heterocycles. The summed E-state index contributed by atoms with van der Waals surface area (Å²) in [6, 6.07) is 19.6. The molecule has 3 aromatic rings. The average Bonchev–Trinajstić information content (AvgIpc) is 3.71. The van der Waals surface area contributed by atoms with Crippen LogP contribution in [0.25, 0.3) is 10.4 Å². The third-order valence-electron chi connectivity index (χ3n) is 8.35. The van der Waals surface area contributed by atoms with Gasteiger partial charge in [0.05, 0.1) is 17.1 Å². The topological polar surface area (TPSA) is 138 Å². The van der Waals surface area contributed by atoms with E-state index in [0.29, 0.717) is 55.5 Å². The van der Waals surface area contributed by atoms with Gasteiger partial charge in [-0.15, -0.1) is 11.3 Å². The van der Waals surface area contributed by atoms with Crippen LogP contribution in [0.15, 0.2) is 75.8 Å². The third-order valence-corrected chi connectivity index (χ3v) is 13.3. The minimum atomic E-state index is -3.66. The first-order valence-electron chi connectivity index (χ1n) is 15.5. The van der Waals surface area contributed by atoms with E-state index in [0.717, 1.165) is 23.4 Å². The summed E-state index contributed by atoms with van der Waals surface area (Å²) < 4.78 is 68.5. The number of hydrogen-bond donors (Lipinski definition) is 3. The molecule has 252 valence electrons. The predicted molar refractivity (Wildman–Crippen MR) is 179 cm³/mol. The number of ether oxygens (including phenoxy) is 2. The number of piperidine rings is 1. The Kier molecular flexibility index (Phi) is 11.6.